The van der Waals surface area contributed by atoms with Crippen LogP contribution in [-0.4, -0.2) is 49.3 Å². The van der Waals surface area contributed by atoms with Gasteiger partial charge < -0.3 is 14.7 Å². The highest BCUT2D eigenvalue weighted by Gasteiger charge is 2.36. The predicted octanol–water partition coefficient (Wildman–Crippen LogP) is 1.92. The van der Waals surface area contributed by atoms with Gasteiger partial charge in [0.1, 0.15) is 5.82 Å². The van der Waals surface area contributed by atoms with E-state index >= 15 is 0 Å². The molecule has 118 valence electrons. The van der Waals surface area contributed by atoms with E-state index in [1.807, 2.05) is 0 Å². The Balaban J connectivity index is 2.98. The summed E-state index contributed by atoms with van der Waals surface area (Å²) in [6.45, 7) is -0.245. The minimum Gasteiger partial charge on any atom is -0.389 e. The number of aliphatic hydroxyl groups excluding tert-OH is 1. The number of halogens is 4. The van der Waals surface area contributed by atoms with Crippen LogP contribution in [0, 0.1) is 5.82 Å². The summed E-state index contributed by atoms with van der Waals surface area (Å²) in [5.41, 5.74) is -2.20. The normalized spacial score (nSPS) is 13.1. The van der Waals surface area contributed by atoms with E-state index in [-0.39, 0.29) is 13.2 Å². The molecule has 0 saturated heterocycles. The number of carbonyl (C=O) groups is 1. The Morgan fingerprint density at radius 1 is 1.43 bits per heavy atom. The Bertz CT molecular complexity index is 505. The minimum atomic E-state index is -4.88. The van der Waals surface area contributed by atoms with Gasteiger partial charge in [0.25, 0.3) is 5.91 Å². The Labute approximate surface area is 118 Å². The van der Waals surface area contributed by atoms with Crippen molar-refractivity contribution in [2.75, 3.05) is 27.3 Å². The van der Waals surface area contributed by atoms with E-state index in [9.17, 15) is 27.5 Å². The van der Waals surface area contributed by atoms with Crippen LogP contribution in [0.25, 0.3) is 0 Å². The maximum atomic E-state index is 13.8. The first-order valence-corrected chi connectivity index (χ1v) is 5.96. The third kappa shape index (κ3) is 4.40. The van der Waals surface area contributed by atoms with Gasteiger partial charge in [-0.15, -0.1) is 0 Å². The second-order valence-electron chi connectivity index (χ2n) is 4.46. The predicted molar refractivity (Wildman–Crippen MR) is 66.2 cm³/mol. The lowest BCUT2D eigenvalue weighted by Crippen LogP contribution is -2.36. The molecule has 0 aliphatic carbocycles. The van der Waals surface area contributed by atoms with Crippen molar-refractivity contribution in [3.8, 4) is 0 Å². The monoisotopic (exact) mass is 309 g/mol. The largest absolute Gasteiger partial charge is 0.419 e. The number of methoxy groups -OCH3 is 1. The lowest BCUT2D eigenvalue weighted by molar-refractivity contribution is -0.140. The molecule has 1 rings (SSSR count). The molecule has 0 saturated carbocycles. The molecule has 1 unspecified atom stereocenters. The van der Waals surface area contributed by atoms with Crippen LogP contribution in [-0.2, 0) is 10.9 Å². The number of hydrogen-bond acceptors (Lipinski definition) is 3. The number of nitrogens with zero attached hydrogens (tertiary/aromatic N) is 1. The molecule has 0 aliphatic heterocycles. The number of likely N-dealkylation sites (N-methyl/N-ethyl adjacent to an activating group) is 1. The molecule has 1 aromatic rings. The average molecular weight is 309 g/mol. The first-order valence-electron chi connectivity index (χ1n) is 5.96. The summed E-state index contributed by atoms with van der Waals surface area (Å²) in [6, 6.07) is 2.48. The summed E-state index contributed by atoms with van der Waals surface area (Å²) in [4.78, 5) is 12.9. The van der Waals surface area contributed by atoms with Crippen LogP contribution in [0.2, 0.25) is 0 Å². The van der Waals surface area contributed by atoms with Crippen molar-refractivity contribution in [2.24, 2.45) is 0 Å². The maximum absolute atomic E-state index is 13.8. The number of hydrogen-bond donors (Lipinski definition) is 1. The summed E-state index contributed by atoms with van der Waals surface area (Å²) in [6.07, 6.45) is -5.90. The molecule has 0 aliphatic rings. The summed E-state index contributed by atoms with van der Waals surface area (Å²) in [7, 11) is 2.60. The van der Waals surface area contributed by atoms with E-state index in [0.717, 1.165) is 17.0 Å². The molecule has 0 aromatic heterocycles. The molecule has 8 heteroatoms. The fourth-order valence-electron chi connectivity index (χ4n) is 1.77. The first-order chi connectivity index (χ1) is 9.68. The molecule has 1 atom stereocenters. The fraction of sp³-hybridized carbons (Fsp3) is 0.462. The topological polar surface area (TPSA) is 49.8 Å². The Hall–Kier alpha value is -1.67. The molecule has 0 radical (unpaired) electrons. The first kappa shape index (κ1) is 17.4. The summed E-state index contributed by atoms with van der Waals surface area (Å²) < 4.78 is 56.2. The highest BCUT2D eigenvalue weighted by Crippen LogP contribution is 2.32. The van der Waals surface area contributed by atoms with Crippen LogP contribution in [0.1, 0.15) is 15.9 Å². The minimum absolute atomic E-state index is 0.0529. The second-order valence-corrected chi connectivity index (χ2v) is 4.46. The van der Waals surface area contributed by atoms with E-state index in [4.69, 9.17) is 0 Å². The fourth-order valence-corrected chi connectivity index (χ4v) is 1.77. The zero-order chi connectivity index (χ0) is 16.2. The van der Waals surface area contributed by atoms with Crippen molar-refractivity contribution < 1.29 is 32.2 Å². The van der Waals surface area contributed by atoms with Crippen LogP contribution in [0.15, 0.2) is 18.2 Å². The highest BCUT2D eigenvalue weighted by molar-refractivity contribution is 5.94. The molecule has 0 spiro atoms. The van der Waals surface area contributed by atoms with Gasteiger partial charge in [0, 0.05) is 20.7 Å². The Morgan fingerprint density at radius 2 is 2.05 bits per heavy atom. The molecule has 21 heavy (non-hydrogen) atoms. The quantitative estimate of drug-likeness (QED) is 0.846. The molecule has 1 N–H and O–H groups in total. The summed E-state index contributed by atoms with van der Waals surface area (Å²) >= 11 is 0. The SMILES string of the molecule is COCC(O)CN(C)C(=O)c1cccc(C(F)(F)F)c1F. The van der Waals surface area contributed by atoms with E-state index in [1.165, 1.54) is 14.2 Å². The standard InChI is InChI=1S/C13H15F4NO3/c1-18(6-8(19)7-21-2)12(20)9-4-3-5-10(11(9)14)13(15,16)17/h3-5,8,19H,6-7H2,1-2H3. The van der Waals surface area contributed by atoms with Crippen molar-refractivity contribution in [1.29, 1.82) is 0 Å². The van der Waals surface area contributed by atoms with Gasteiger partial charge in [-0.25, -0.2) is 4.39 Å². The lowest BCUT2D eigenvalue weighted by atomic mass is 10.1. The third-order valence-electron chi connectivity index (χ3n) is 2.72. The van der Waals surface area contributed by atoms with Crippen molar-refractivity contribution in [1.82, 2.24) is 4.90 Å². The molecule has 0 fully saturated rings. The van der Waals surface area contributed by atoms with Crippen LogP contribution >= 0.6 is 0 Å². The average Bonchev–Trinajstić information content (AvgIpc) is 2.37. The van der Waals surface area contributed by atoms with Crippen molar-refractivity contribution in [2.45, 2.75) is 12.3 Å². The van der Waals surface area contributed by atoms with Gasteiger partial charge in [-0.05, 0) is 12.1 Å². The number of amides is 1. The zero-order valence-corrected chi connectivity index (χ0v) is 11.4. The molecule has 1 aromatic carbocycles. The molecule has 1 amide bonds. The van der Waals surface area contributed by atoms with Gasteiger partial charge in [-0.3, -0.25) is 4.79 Å². The highest BCUT2D eigenvalue weighted by atomic mass is 19.4. The molecule has 0 bridgehead atoms. The van der Waals surface area contributed by atoms with Gasteiger partial charge in [0.2, 0.25) is 0 Å². The van der Waals surface area contributed by atoms with Gasteiger partial charge >= 0.3 is 6.18 Å². The summed E-state index contributed by atoms with van der Waals surface area (Å²) in [5, 5.41) is 9.48. The Morgan fingerprint density at radius 3 is 2.57 bits per heavy atom. The number of alkyl halides is 3. The number of aliphatic hydroxyl groups is 1. The molecular formula is C13H15F4NO3. The van der Waals surface area contributed by atoms with E-state index in [1.54, 1.807) is 0 Å². The number of benzene rings is 1. The lowest BCUT2D eigenvalue weighted by Gasteiger charge is -2.21. The van der Waals surface area contributed by atoms with Crippen LogP contribution in [0.3, 0.4) is 0 Å². The van der Waals surface area contributed by atoms with E-state index < -0.39 is 35.1 Å². The van der Waals surface area contributed by atoms with Crippen LogP contribution in [0.4, 0.5) is 17.6 Å². The van der Waals surface area contributed by atoms with E-state index in [0.29, 0.717) is 6.07 Å². The third-order valence-corrected chi connectivity index (χ3v) is 2.72. The second kappa shape index (κ2) is 6.86. The van der Waals surface area contributed by atoms with Gasteiger partial charge in [-0.2, -0.15) is 13.2 Å². The Kier molecular flexibility index (Phi) is 5.68. The molecular weight excluding hydrogens is 294 g/mol. The number of ether oxygens (including phenoxy) is 1. The van der Waals surface area contributed by atoms with Gasteiger partial charge in [-0.1, -0.05) is 6.07 Å². The number of rotatable bonds is 5. The van der Waals surface area contributed by atoms with Crippen molar-refractivity contribution >= 4 is 5.91 Å². The van der Waals surface area contributed by atoms with Crippen molar-refractivity contribution in [3.63, 3.8) is 0 Å². The molecule has 0 heterocycles. The smallest absolute Gasteiger partial charge is 0.389 e. The summed E-state index contributed by atoms with van der Waals surface area (Å²) in [5.74, 6) is -2.57. The van der Waals surface area contributed by atoms with Gasteiger partial charge in [0.15, 0.2) is 0 Å². The molecule has 4 nitrogen and oxygen atoms in total. The van der Waals surface area contributed by atoms with Crippen LogP contribution in [0.5, 0.6) is 0 Å². The van der Waals surface area contributed by atoms with E-state index in [2.05, 4.69) is 4.74 Å². The van der Waals surface area contributed by atoms with Crippen LogP contribution < -0.4 is 0 Å². The van der Waals surface area contributed by atoms with Crippen molar-refractivity contribution in [3.05, 3.63) is 35.1 Å². The zero-order valence-electron chi connectivity index (χ0n) is 11.4. The number of carbonyl (C=O) groups excluding carboxylic acids is 1. The van der Waals surface area contributed by atoms with Gasteiger partial charge in [0.05, 0.1) is 23.8 Å². The maximum Gasteiger partial charge on any atom is 0.419 e.